The number of hydrogen-bond donors (Lipinski definition) is 2. The number of likely N-dealkylation sites (N-methyl/N-ethyl adjacent to an activating group) is 1. The summed E-state index contributed by atoms with van der Waals surface area (Å²) in [7, 11) is 1.55. The van der Waals surface area contributed by atoms with Crippen molar-refractivity contribution >= 4 is 17.5 Å². The van der Waals surface area contributed by atoms with E-state index in [1.165, 1.54) is 4.90 Å². The Morgan fingerprint density at radius 2 is 1.62 bits per heavy atom. The van der Waals surface area contributed by atoms with Crippen molar-refractivity contribution in [2.45, 2.75) is 32.7 Å². The van der Waals surface area contributed by atoms with Crippen molar-refractivity contribution < 1.29 is 22.8 Å². The summed E-state index contributed by atoms with van der Waals surface area (Å²) in [5, 5.41) is 4.98. The van der Waals surface area contributed by atoms with E-state index in [1.807, 2.05) is 13.8 Å². The molecule has 0 saturated carbocycles. The molecule has 0 heterocycles. The highest BCUT2D eigenvalue weighted by Gasteiger charge is 2.17. The number of nitrogens with zero attached hydrogens (tertiary/aromatic N) is 1. The predicted molar refractivity (Wildman–Crippen MR) is 85.0 cm³/mol. The maximum absolute atomic E-state index is 13.5. The third-order valence-corrected chi connectivity index (χ3v) is 3.49. The maximum Gasteiger partial charge on any atom is 0.238 e. The molecular formula is C16H22F3N3O2. The van der Waals surface area contributed by atoms with Gasteiger partial charge in [-0.25, -0.2) is 13.2 Å². The van der Waals surface area contributed by atoms with Crippen molar-refractivity contribution in [3.8, 4) is 0 Å². The fourth-order valence-corrected chi connectivity index (χ4v) is 2.12. The average Bonchev–Trinajstić information content (AvgIpc) is 2.52. The van der Waals surface area contributed by atoms with Crippen LogP contribution in [-0.2, 0) is 9.59 Å². The van der Waals surface area contributed by atoms with Crippen LogP contribution in [0, 0.1) is 17.5 Å². The zero-order chi connectivity index (χ0) is 18.3. The highest BCUT2D eigenvalue weighted by atomic mass is 19.2. The molecule has 1 aromatic carbocycles. The lowest BCUT2D eigenvalue weighted by molar-refractivity contribution is -0.123. The molecule has 134 valence electrons. The Morgan fingerprint density at radius 3 is 2.21 bits per heavy atom. The number of amides is 2. The molecule has 1 aromatic rings. The van der Waals surface area contributed by atoms with Crippen LogP contribution in [0.4, 0.5) is 18.9 Å². The number of rotatable bonds is 8. The molecule has 0 aliphatic carbocycles. The van der Waals surface area contributed by atoms with Gasteiger partial charge in [-0.2, -0.15) is 0 Å². The summed E-state index contributed by atoms with van der Waals surface area (Å²) >= 11 is 0. The van der Waals surface area contributed by atoms with E-state index in [0.717, 1.165) is 25.0 Å². The van der Waals surface area contributed by atoms with Crippen LogP contribution in [0.1, 0.15) is 26.7 Å². The standard InChI is InChI=1S/C16H22F3N3O2/c1-4-10(5-2)20-13(23)8-22(3)9-14(24)21-12-7-6-11(17)15(18)16(12)19/h6-7,10H,4-5,8-9H2,1-3H3,(H,20,23)(H,21,24). The second-order valence-electron chi connectivity index (χ2n) is 5.52. The van der Waals surface area contributed by atoms with Crippen molar-refractivity contribution in [3.05, 3.63) is 29.6 Å². The zero-order valence-corrected chi connectivity index (χ0v) is 14.0. The molecule has 8 heteroatoms. The summed E-state index contributed by atoms with van der Waals surface area (Å²) in [4.78, 5) is 25.1. The minimum Gasteiger partial charge on any atom is -0.352 e. The third-order valence-electron chi connectivity index (χ3n) is 3.49. The van der Waals surface area contributed by atoms with E-state index >= 15 is 0 Å². The lowest BCUT2D eigenvalue weighted by Gasteiger charge is -2.19. The minimum atomic E-state index is -1.65. The van der Waals surface area contributed by atoms with Gasteiger partial charge in [-0.3, -0.25) is 14.5 Å². The van der Waals surface area contributed by atoms with Crippen LogP contribution in [0.15, 0.2) is 12.1 Å². The van der Waals surface area contributed by atoms with Gasteiger partial charge in [0, 0.05) is 6.04 Å². The van der Waals surface area contributed by atoms with Gasteiger partial charge >= 0.3 is 0 Å². The first-order valence-electron chi connectivity index (χ1n) is 7.69. The topological polar surface area (TPSA) is 61.4 Å². The monoisotopic (exact) mass is 345 g/mol. The summed E-state index contributed by atoms with van der Waals surface area (Å²) in [6.45, 7) is 3.71. The Bertz CT molecular complexity index is 592. The van der Waals surface area contributed by atoms with Crippen LogP contribution in [0.2, 0.25) is 0 Å². The molecule has 0 unspecified atom stereocenters. The Morgan fingerprint density at radius 1 is 1.04 bits per heavy atom. The van der Waals surface area contributed by atoms with E-state index in [0.29, 0.717) is 0 Å². The summed E-state index contributed by atoms with van der Waals surface area (Å²) in [6, 6.07) is 1.74. The largest absolute Gasteiger partial charge is 0.352 e. The van der Waals surface area contributed by atoms with Gasteiger partial charge in [0.2, 0.25) is 11.8 Å². The first-order chi connectivity index (χ1) is 11.3. The van der Waals surface area contributed by atoms with Crippen molar-refractivity contribution in [3.63, 3.8) is 0 Å². The Labute approximate surface area is 139 Å². The van der Waals surface area contributed by atoms with Crippen LogP contribution in [0.25, 0.3) is 0 Å². The molecule has 2 N–H and O–H groups in total. The number of carbonyl (C=O) groups is 2. The lowest BCUT2D eigenvalue weighted by atomic mass is 10.2. The molecule has 0 bridgehead atoms. The zero-order valence-electron chi connectivity index (χ0n) is 14.0. The van der Waals surface area contributed by atoms with E-state index in [2.05, 4.69) is 10.6 Å². The van der Waals surface area contributed by atoms with Gasteiger partial charge in [-0.05, 0) is 32.0 Å². The number of nitrogens with one attached hydrogen (secondary N) is 2. The quantitative estimate of drug-likeness (QED) is 0.711. The molecule has 0 spiro atoms. The number of carbonyl (C=O) groups excluding carboxylic acids is 2. The summed E-state index contributed by atoms with van der Waals surface area (Å²) < 4.78 is 39.4. The van der Waals surface area contributed by atoms with Crippen molar-refractivity contribution in [2.24, 2.45) is 0 Å². The summed E-state index contributed by atoms with van der Waals surface area (Å²) in [5.41, 5.74) is -0.450. The molecule has 0 radical (unpaired) electrons. The molecule has 0 aliphatic heterocycles. The van der Waals surface area contributed by atoms with Crippen LogP contribution in [-0.4, -0.2) is 42.9 Å². The molecule has 24 heavy (non-hydrogen) atoms. The Hall–Kier alpha value is -2.09. The molecule has 5 nitrogen and oxygen atoms in total. The smallest absolute Gasteiger partial charge is 0.238 e. The number of hydrogen-bond acceptors (Lipinski definition) is 3. The SMILES string of the molecule is CCC(CC)NC(=O)CN(C)CC(=O)Nc1ccc(F)c(F)c1F. The van der Waals surface area contributed by atoms with E-state index in [9.17, 15) is 22.8 Å². The van der Waals surface area contributed by atoms with Crippen LogP contribution < -0.4 is 10.6 Å². The summed E-state index contributed by atoms with van der Waals surface area (Å²) in [5.74, 6) is -5.31. The molecule has 0 fully saturated rings. The van der Waals surface area contributed by atoms with E-state index < -0.39 is 29.0 Å². The molecule has 2 amide bonds. The first kappa shape index (κ1) is 20.0. The van der Waals surface area contributed by atoms with Crippen molar-refractivity contribution in [1.82, 2.24) is 10.2 Å². The van der Waals surface area contributed by atoms with Crippen LogP contribution in [0.3, 0.4) is 0 Å². The predicted octanol–water partition coefficient (Wildman–Crippen LogP) is 2.28. The normalized spacial score (nSPS) is 11.0. The van der Waals surface area contributed by atoms with Gasteiger partial charge in [0.25, 0.3) is 0 Å². The van der Waals surface area contributed by atoms with Crippen molar-refractivity contribution in [1.29, 1.82) is 0 Å². The molecule has 0 saturated heterocycles. The molecule has 0 aromatic heterocycles. The molecule has 1 rings (SSSR count). The van der Waals surface area contributed by atoms with Gasteiger partial charge in [-0.15, -0.1) is 0 Å². The maximum atomic E-state index is 13.5. The number of benzene rings is 1. The van der Waals surface area contributed by atoms with Gasteiger partial charge in [0.1, 0.15) is 0 Å². The van der Waals surface area contributed by atoms with Gasteiger partial charge in [0.15, 0.2) is 17.5 Å². The first-order valence-corrected chi connectivity index (χ1v) is 7.69. The van der Waals surface area contributed by atoms with Gasteiger partial charge in [-0.1, -0.05) is 13.8 Å². The fraction of sp³-hybridized carbons (Fsp3) is 0.500. The highest BCUT2D eigenvalue weighted by Crippen LogP contribution is 2.19. The number of anilines is 1. The summed E-state index contributed by atoms with van der Waals surface area (Å²) in [6.07, 6.45) is 1.61. The molecule has 0 atom stereocenters. The third kappa shape index (κ3) is 5.84. The highest BCUT2D eigenvalue weighted by molar-refractivity contribution is 5.92. The van der Waals surface area contributed by atoms with Crippen LogP contribution >= 0.6 is 0 Å². The second kappa shape index (κ2) is 9.27. The van der Waals surface area contributed by atoms with Crippen molar-refractivity contribution in [2.75, 3.05) is 25.5 Å². The average molecular weight is 345 g/mol. The van der Waals surface area contributed by atoms with Gasteiger partial charge in [0.05, 0.1) is 18.8 Å². The Balaban J connectivity index is 2.53. The minimum absolute atomic E-state index is 0.00974. The molecule has 0 aliphatic rings. The van der Waals surface area contributed by atoms with Crippen LogP contribution in [0.5, 0.6) is 0 Å². The second-order valence-corrected chi connectivity index (χ2v) is 5.52. The van der Waals surface area contributed by atoms with E-state index in [1.54, 1.807) is 7.05 Å². The van der Waals surface area contributed by atoms with E-state index in [-0.39, 0.29) is 25.0 Å². The molecular weight excluding hydrogens is 323 g/mol. The lowest BCUT2D eigenvalue weighted by Crippen LogP contribution is -2.42. The van der Waals surface area contributed by atoms with E-state index in [4.69, 9.17) is 0 Å². The van der Waals surface area contributed by atoms with Gasteiger partial charge < -0.3 is 10.6 Å². The fourth-order valence-electron chi connectivity index (χ4n) is 2.12. The Kier molecular flexibility index (Phi) is 7.70. The number of halogens is 3.